The van der Waals surface area contributed by atoms with Gasteiger partial charge in [0.1, 0.15) is 5.52 Å². The van der Waals surface area contributed by atoms with E-state index in [1.54, 1.807) is 11.3 Å². The standard InChI is InChI=1S/C17H11N5OS/c1-2-6-11(7-3-1)13-10-24-17-20-15(21-22(13)17)19-16-18-12-8-4-5-9-14(12)23-16/h1-10H,(H,18,19,21). The maximum Gasteiger partial charge on any atom is 0.302 e. The Morgan fingerprint density at radius 2 is 1.79 bits per heavy atom. The Morgan fingerprint density at radius 1 is 0.958 bits per heavy atom. The van der Waals surface area contributed by atoms with Crippen molar-refractivity contribution in [2.75, 3.05) is 5.32 Å². The third kappa shape index (κ3) is 2.14. The molecule has 0 amide bonds. The zero-order valence-corrected chi connectivity index (χ0v) is 13.2. The summed E-state index contributed by atoms with van der Waals surface area (Å²) in [4.78, 5) is 9.68. The van der Waals surface area contributed by atoms with Gasteiger partial charge in [0, 0.05) is 10.9 Å². The predicted molar refractivity (Wildman–Crippen MR) is 93.6 cm³/mol. The third-order valence-electron chi connectivity index (χ3n) is 3.66. The minimum absolute atomic E-state index is 0.385. The van der Waals surface area contributed by atoms with Crippen LogP contribution in [-0.4, -0.2) is 19.6 Å². The van der Waals surface area contributed by atoms with Gasteiger partial charge in [-0.2, -0.15) is 9.97 Å². The van der Waals surface area contributed by atoms with Crippen molar-refractivity contribution in [3.8, 4) is 11.3 Å². The summed E-state index contributed by atoms with van der Waals surface area (Å²) in [6.45, 7) is 0. The van der Waals surface area contributed by atoms with E-state index in [1.807, 2.05) is 52.4 Å². The highest BCUT2D eigenvalue weighted by atomic mass is 32.1. The molecule has 0 bridgehead atoms. The van der Waals surface area contributed by atoms with Crippen LogP contribution in [-0.2, 0) is 0 Å². The van der Waals surface area contributed by atoms with Crippen LogP contribution < -0.4 is 5.32 Å². The second-order valence-corrected chi connectivity index (χ2v) is 6.07. The molecule has 0 saturated heterocycles. The van der Waals surface area contributed by atoms with Crippen molar-refractivity contribution in [2.45, 2.75) is 0 Å². The number of thiazole rings is 1. The van der Waals surface area contributed by atoms with Crippen LogP contribution in [0.3, 0.4) is 0 Å². The number of para-hydroxylation sites is 2. The van der Waals surface area contributed by atoms with E-state index >= 15 is 0 Å². The molecule has 0 atom stereocenters. The van der Waals surface area contributed by atoms with Crippen LogP contribution in [0.1, 0.15) is 0 Å². The lowest BCUT2D eigenvalue weighted by Gasteiger charge is -1.97. The third-order valence-corrected chi connectivity index (χ3v) is 4.48. The molecule has 0 spiro atoms. The Balaban J connectivity index is 1.53. The van der Waals surface area contributed by atoms with Gasteiger partial charge in [-0.3, -0.25) is 5.32 Å². The second-order valence-electron chi connectivity index (χ2n) is 5.23. The fourth-order valence-electron chi connectivity index (χ4n) is 2.56. The first-order valence-corrected chi connectivity index (χ1v) is 8.27. The van der Waals surface area contributed by atoms with Gasteiger partial charge >= 0.3 is 6.01 Å². The Hall–Kier alpha value is -3.19. The maximum atomic E-state index is 5.65. The lowest BCUT2D eigenvalue weighted by molar-refractivity contribution is 0.621. The van der Waals surface area contributed by atoms with Crippen LogP contribution in [0.4, 0.5) is 12.0 Å². The van der Waals surface area contributed by atoms with Crippen molar-refractivity contribution in [2.24, 2.45) is 0 Å². The van der Waals surface area contributed by atoms with Gasteiger partial charge in [-0.05, 0) is 12.1 Å². The van der Waals surface area contributed by atoms with E-state index in [0.717, 1.165) is 27.3 Å². The lowest BCUT2D eigenvalue weighted by atomic mass is 10.2. The molecule has 3 heterocycles. The fourth-order valence-corrected chi connectivity index (χ4v) is 3.39. The summed E-state index contributed by atoms with van der Waals surface area (Å²) in [6, 6.07) is 18.1. The van der Waals surface area contributed by atoms with Gasteiger partial charge in [0.05, 0.1) is 5.69 Å². The highest BCUT2D eigenvalue weighted by Gasteiger charge is 2.13. The number of nitrogens with one attached hydrogen (secondary N) is 1. The first kappa shape index (κ1) is 13.3. The molecule has 0 unspecified atom stereocenters. The zero-order chi connectivity index (χ0) is 15.9. The summed E-state index contributed by atoms with van der Waals surface area (Å²) in [7, 11) is 0. The molecule has 0 aliphatic carbocycles. The number of aromatic nitrogens is 4. The molecule has 0 saturated carbocycles. The van der Waals surface area contributed by atoms with Crippen molar-refractivity contribution >= 4 is 39.4 Å². The summed E-state index contributed by atoms with van der Waals surface area (Å²) < 4.78 is 7.48. The highest BCUT2D eigenvalue weighted by molar-refractivity contribution is 7.15. The molecule has 0 aliphatic heterocycles. The quantitative estimate of drug-likeness (QED) is 0.532. The summed E-state index contributed by atoms with van der Waals surface area (Å²) in [6.07, 6.45) is 0. The molecule has 0 aliphatic rings. The number of hydrogen-bond donors (Lipinski definition) is 1. The number of anilines is 2. The Morgan fingerprint density at radius 3 is 2.67 bits per heavy atom. The SMILES string of the molecule is c1ccc(-c2csc3nc(Nc4nc5ccccc5o4)nn23)cc1. The predicted octanol–water partition coefficient (Wildman–Crippen LogP) is 4.34. The number of oxazole rings is 1. The van der Waals surface area contributed by atoms with E-state index in [2.05, 4.69) is 32.5 Å². The van der Waals surface area contributed by atoms with Gasteiger partial charge in [-0.1, -0.05) is 42.5 Å². The molecule has 2 aromatic carbocycles. The van der Waals surface area contributed by atoms with Crippen LogP contribution in [0.5, 0.6) is 0 Å². The van der Waals surface area contributed by atoms with Crippen LogP contribution in [0.25, 0.3) is 27.3 Å². The van der Waals surface area contributed by atoms with Crippen molar-refractivity contribution in [1.82, 2.24) is 19.6 Å². The Labute approximate surface area is 140 Å². The van der Waals surface area contributed by atoms with Gasteiger partial charge in [0.2, 0.25) is 4.96 Å². The number of benzene rings is 2. The molecule has 5 rings (SSSR count). The first-order chi connectivity index (χ1) is 11.9. The van der Waals surface area contributed by atoms with Crippen LogP contribution in [0, 0.1) is 0 Å². The molecule has 5 aromatic rings. The van der Waals surface area contributed by atoms with Crippen LogP contribution >= 0.6 is 11.3 Å². The topological polar surface area (TPSA) is 68.2 Å². The minimum Gasteiger partial charge on any atom is -0.423 e. The van der Waals surface area contributed by atoms with Crippen molar-refractivity contribution < 1.29 is 4.42 Å². The minimum atomic E-state index is 0.385. The summed E-state index contributed by atoms with van der Waals surface area (Å²) in [5, 5.41) is 9.60. The van der Waals surface area contributed by atoms with Gasteiger partial charge in [0.15, 0.2) is 5.58 Å². The average Bonchev–Trinajstić information content (AvgIpc) is 3.28. The molecule has 0 fully saturated rings. The second kappa shape index (κ2) is 5.17. The van der Waals surface area contributed by atoms with E-state index in [-0.39, 0.29) is 0 Å². The lowest BCUT2D eigenvalue weighted by Crippen LogP contribution is -1.94. The normalized spacial score (nSPS) is 11.3. The van der Waals surface area contributed by atoms with Gasteiger partial charge in [-0.25, -0.2) is 4.52 Å². The molecule has 6 nitrogen and oxygen atoms in total. The van der Waals surface area contributed by atoms with E-state index < -0.39 is 0 Å². The fraction of sp³-hybridized carbons (Fsp3) is 0. The van der Waals surface area contributed by atoms with E-state index in [9.17, 15) is 0 Å². The molecule has 7 heteroatoms. The van der Waals surface area contributed by atoms with Crippen molar-refractivity contribution in [3.63, 3.8) is 0 Å². The van der Waals surface area contributed by atoms with E-state index in [0.29, 0.717) is 12.0 Å². The Kier molecular flexibility index (Phi) is 2.86. The largest absolute Gasteiger partial charge is 0.423 e. The van der Waals surface area contributed by atoms with E-state index in [4.69, 9.17) is 4.42 Å². The first-order valence-electron chi connectivity index (χ1n) is 7.39. The monoisotopic (exact) mass is 333 g/mol. The molecule has 116 valence electrons. The molecule has 1 N–H and O–H groups in total. The summed E-state index contributed by atoms with van der Waals surface area (Å²) >= 11 is 1.54. The highest BCUT2D eigenvalue weighted by Crippen LogP contribution is 2.27. The number of rotatable bonds is 3. The number of nitrogens with zero attached hydrogens (tertiary/aromatic N) is 4. The molecular formula is C17H11N5OS. The summed E-state index contributed by atoms with van der Waals surface area (Å²) in [5.41, 5.74) is 3.63. The molecule has 24 heavy (non-hydrogen) atoms. The zero-order valence-electron chi connectivity index (χ0n) is 12.4. The molecular weight excluding hydrogens is 322 g/mol. The maximum absolute atomic E-state index is 5.65. The average molecular weight is 333 g/mol. The Bertz CT molecular complexity index is 1110. The van der Waals surface area contributed by atoms with Gasteiger partial charge in [-0.15, -0.1) is 16.4 Å². The number of fused-ring (bicyclic) bond motifs is 2. The van der Waals surface area contributed by atoms with E-state index in [1.165, 1.54) is 0 Å². The van der Waals surface area contributed by atoms with Crippen molar-refractivity contribution in [1.29, 1.82) is 0 Å². The summed E-state index contributed by atoms with van der Waals surface area (Å²) in [5.74, 6) is 0.464. The van der Waals surface area contributed by atoms with Crippen molar-refractivity contribution in [3.05, 3.63) is 60.0 Å². The molecule has 0 radical (unpaired) electrons. The molecule has 3 aromatic heterocycles. The number of hydrogen-bond acceptors (Lipinski definition) is 6. The van der Waals surface area contributed by atoms with Crippen LogP contribution in [0.15, 0.2) is 64.4 Å². The smallest absolute Gasteiger partial charge is 0.302 e. The van der Waals surface area contributed by atoms with Crippen LogP contribution in [0.2, 0.25) is 0 Å². The van der Waals surface area contributed by atoms with Gasteiger partial charge < -0.3 is 4.42 Å². The van der Waals surface area contributed by atoms with Gasteiger partial charge in [0.25, 0.3) is 5.95 Å².